The van der Waals surface area contributed by atoms with E-state index in [1.54, 1.807) is 0 Å². The van der Waals surface area contributed by atoms with Gasteiger partial charge in [0, 0.05) is 51.5 Å². The van der Waals surface area contributed by atoms with Gasteiger partial charge in [0.1, 0.15) is 17.3 Å². The number of nitrogens with one attached hydrogen (secondary N) is 2. The van der Waals surface area contributed by atoms with Crippen molar-refractivity contribution in [2.45, 2.75) is 37.5 Å². The Bertz CT molecular complexity index is 4490. The van der Waals surface area contributed by atoms with E-state index in [0.717, 1.165) is 72.3 Å². The molecule has 16 rings (SSSR count). The first-order valence-electron chi connectivity index (χ1n) is 26.4. The molecule has 362 valence electrons. The third-order valence-corrected chi connectivity index (χ3v) is 16.4. The second kappa shape index (κ2) is 16.8. The van der Waals surface area contributed by atoms with Gasteiger partial charge in [0.25, 0.3) is 0 Å². The fourth-order valence-electron chi connectivity index (χ4n) is 13.1. The molecule has 3 aliphatic carbocycles. The van der Waals surface area contributed by atoms with Gasteiger partial charge >= 0.3 is 0 Å². The minimum atomic E-state index is -0.620. The minimum Gasteiger partial charge on any atom is -0.457 e. The van der Waals surface area contributed by atoms with Crippen LogP contribution >= 0.6 is 0 Å². The van der Waals surface area contributed by atoms with Crippen molar-refractivity contribution in [2.24, 2.45) is 0 Å². The topological polar surface area (TPSA) is 54.9 Å². The maximum atomic E-state index is 6.83. The molecule has 0 aliphatic heterocycles. The summed E-state index contributed by atoms with van der Waals surface area (Å²) in [6, 6.07) is 86.4. The Kier molecular flexibility index (Phi) is 9.74. The molecule has 0 amide bonds. The van der Waals surface area contributed by atoms with Crippen LogP contribution in [0.15, 0.2) is 243 Å². The highest BCUT2D eigenvalue weighted by Crippen LogP contribution is 2.62. The van der Waals surface area contributed by atoms with Crippen LogP contribution in [0, 0.1) is 0 Å². The van der Waals surface area contributed by atoms with E-state index in [4.69, 9.17) is 9.72 Å². The quantitative estimate of drug-likeness (QED) is 0.175. The van der Waals surface area contributed by atoms with Gasteiger partial charge in [-0.3, -0.25) is 4.57 Å². The molecule has 5 nitrogen and oxygen atoms in total. The molecule has 3 heterocycles. The third-order valence-electron chi connectivity index (χ3n) is 16.4. The molecule has 76 heavy (non-hydrogen) atoms. The molecule has 2 N–H and O–H groups in total. The first kappa shape index (κ1) is 44.1. The highest BCUT2D eigenvalue weighted by atomic mass is 16.5. The van der Waals surface area contributed by atoms with E-state index in [1.807, 2.05) is 12.3 Å². The molecule has 0 fully saturated rings. The first-order chi connectivity index (χ1) is 37.3. The van der Waals surface area contributed by atoms with Crippen LogP contribution in [-0.4, -0.2) is 14.5 Å². The van der Waals surface area contributed by atoms with Crippen LogP contribution in [0.2, 0.25) is 0 Å². The van der Waals surface area contributed by atoms with Gasteiger partial charge in [-0.1, -0.05) is 197 Å². The van der Waals surface area contributed by atoms with Crippen molar-refractivity contribution in [2.75, 3.05) is 5.32 Å². The fourth-order valence-corrected chi connectivity index (χ4v) is 13.1. The van der Waals surface area contributed by atoms with Gasteiger partial charge in [0.2, 0.25) is 0 Å². The zero-order valence-corrected chi connectivity index (χ0v) is 42.5. The lowest BCUT2D eigenvalue weighted by molar-refractivity contribution is 0.483. The van der Waals surface area contributed by atoms with Gasteiger partial charge in [-0.2, -0.15) is 0 Å². The third kappa shape index (κ3) is 6.55. The molecule has 0 radical (unpaired) electrons. The van der Waals surface area contributed by atoms with Crippen molar-refractivity contribution in [1.29, 1.82) is 0 Å². The molecule has 2 bridgehead atoms. The summed E-state index contributed by atoms with van der Waals surface area (Å²) in [5, 5.41) is 13.2. The van der Waals surface area contributed by atoms with Crippen LogP contribution in [0.5, 0.6) is 11.5 Å². The van der Waals surface area contributed by atoms with Gasteiger partial charge in [-0.05, 0) is 120 Å². The van der Waals surface area contributed by atoms with Gasteiger partial charge in [-0.15, -0.1) is 0 Å². The normalized spacial score (nSPS) is 15.5. The highest BCUT2D eigenvalue weighted by Gasteiger charge is 2.53. The first-order valence-corrected chi connectivity index (χ1v) is 26.4. The molecular weight excluding hydrogens is 925 g/mol. The number of nitrogens with zero attached hydrogens (tertiary/aromatic N) is 2. The van der Waals surface area contributed by atoms with Crippen molar-refractivity contribution >= 4 is 76.5 Å². The van der Waals surface area contributed by atoms with Gasteiger partial charge in [-0.25, -0.2) is 4.98 Å². The second-order valence-corrected chi connectivity index (χ2v) is 21.6. The maximum Gasteiger partial charge on any atom is 0.137 e. The Morgan fingerprint density at radius 3 is 1.62 bits per heavy atom. The summed E-state index contributed by atoms with van der Waals surface area (Å²) in [6.07, 6.45) is 1.92. The molecular formula is C71H52N4O. The molecule has 3 aromatic heterocycles. The number of fused-ring (bicyclic) bond motifs is 10. The van der Waals surface area contributed by atoms with E-state index >= 15 is 0 Å². The largest absolute Gasteiger partial charge is 0.457 e. The van der Waals surface area contributed by atoms with E-state index in [9.17, 15) is 0 Å². The lowest BCUT2D eigenvalue weighted by Crippen LogP contribution is -2.43. The molecule has 0 spiro atoms. The summed E-state index contributed by atoms with van der Waals surface area (Å²) < 4.78 is 9.09. The van der Waals surface area contributed by atoms with Gasteiger partial charge in [0.15, 0.2) is 0 Å². The fraction of sp³-hybridized carbons (Fsp3) is 0.0845. The van der Waals surface area contributed by atoms with E-state index < -0.39 is 5.41 Å². The predicted octanol–water partition coefficient (Wildman–Crippen LogP) is 18.3. The Hall–Kier alpha value is -9.45. The molecule has 0 saturated heterocycles. The standard InChI is InChI=1S/C71H52N4O/c1-70(2,3)44-39-40-72-66(41-44)75-64-36-15-11-25-52(64)53-38-37-47(43-65(53)75)76-46-20-16-19-45(42-46)73-63-35-18-30-55-51-24-7-5-22-49(51)48-21-4-6-23-50(48)54-29-17-34-62(68(54)74-69(55)63)71-59-31-12-8-26-56(59)67(57-27-9-13-32-60(57)71)58-28-10-14-33-61(58)71/h4-43,67,73-74H,1-3H3. The summed E-state index contributed by atoms with van der Waals surface area (Å²) in [6.45, 7) is 6.72. The maximum absolute atomic E-state index is 6.83. The Morgan fingerprint density at radius 2 is 0.961 bits per heavy atom. The second-order valence-electron chi connectivity index (χ2n) is 21.6. The predicted molar refractivity (Wildman–Crippen MR) is 315 cm³/mol. The van der Waals surface area contributed by atoms with Crippen LogP contribution in [0.25, 0.3) is 71.0 Å². The molecule has 3 aliphatic rings. The summed E-state index contributed by atoms with van der Waals surface area (Å²) in [7, 11) is 0. The number of aromatic nitrogens is 3. The number of para-hydroxylation sites is 3. The summed E-state index contributed by atoms with van der Waals surface area (Å²) in [4.78, 5) is 9.22. The number of rotatable bonds is 6. The van der Waals surface area contributed by atoms with Crippen molar-refractivity contribution in [3.05, 3.63) is 287 Å². The number of pyridine rings is 1. The Labute approximate surface area is 441 Å². The van der Waals surface area contributed by atoms with Gasteiger partial charge < -0.3 is 15.0 Å². The van der Waals surface area contributed by atoms with Crippen LogP contribution in [-0.2, 0) is 10.8 Å². The number of aromatic amines is 1. The molecule has 0 saturated carbocycles. The number of hydrogen-bond donors (Lipinski definition) is 2. The number of hydrogen-bond acceptors (Lipinski definition) is 3. The van der Waals surface area contributed by atoms with E-state index in [0.29, 0.717) is 0 Å². The zero-order chi connectivity index (χ0) is 50.7. The zero-order valence-electron chi connectivity index (χ0n) is 42.5. The van der Waals surface area contributed by atoms with Crippen molar-refractivity contribution in [3.8, 4) is 17.3 Å². The van der Waals surface area contributed by atoms with Crippen molar-refractivity contribution in [3.63, 3.8) is 0 Å². The minimum absolute atomic E-state index is 0.0262. The molecule has 5 heteroatoms. The van der Waals surface area contributed by atoms with Crippen LogP contribution in [0.3, 0.4) is 0 Å². The number of H-pyrrole nitrogens is 1. The Balaban J connectivity index is 0.934. The molecule has 10 aromatic carbocycles. The van der Waals surface area contributed by atoms with Crippen molar-refractivity contribution in [1.82, 2.24) is 14.5 Å². The van der Waals surface area contributed by atoms with Crippen LogP contribution in [0.4, 0.5) is 11.4 Å². The number of benzene rings is 10. The van der Waals surface area contributed by atoms with Crippen LogP contribution in [0.1, 0.15) is 71.2 Å². The average molecular weight is 977 g/mol. The van der Waals surface area contributed by atoms with Crippen LogP contribution < -0.4 is 10.1 Å². The van der Waals surface area contributed by atoms with E-state index in [2.05, 4.69) is 266 Å². The van der Waals surface area contributed by atoms with E-state index in [1.165, 1.54) is 66.1 Å². The number of ether oxygens (including phenoxy) is 1. The molecule has 13 aromatic rings. The smallest absolute Gasteiger partial charge is 0.137 e. The molecule has 0 atom stereocenters. The van der Waals surface area contributed by atoms with Crippen molar-refractivity contribution < 1.29 is 4.74 Å². The number of anilines is 2. The Morgan fingerprint density at radius 1 is 0.447 bits per heavy atom. The summed E-state index contributed by atoms with van der Waals surface area (Å²) >= 11 is 0. The molecule has 0 unspecified atom stereocenters. The monoisotopic (exact) mass is 976 g/mol. The summed E-state index contributed by atoms with van der Waals surface area (Å²) in [5.74, 6) is 2.50. The lowest BCUT2D eigenvalue weighted by Gasteiger charge is -2.51. The lowest BCUT2D eigenvalue weighted by atomic mass is 9.50. The van der Waals surface area contributed by atoms with E-state index in [-0.39, 0.29) is 11.3 Å². The SMILES string of the molecule is CC(C)(C)c1ccnc(-n2c3ccccc3c3ccc(Oc4cccc(Nc5cccc6c5[nH]c5c(C78c9ccccc9C(c9ccccc97)c7ccccc78)cccc5c5ccccc5c5ccccc65)c4)cc32)c1. The van der Waals surface area contributed by atoms with Gasteiger partial charge in [0.05, 0.1) is 33.2 Å². The average Bonchev–Trinajstić information content (AvgIpc) is 3.97. The highest BCUT2D eigenvalue weighted by molar-refractivity contribution is 6.20. The summed E-state index contributed by atoms with van der Waals surface area (Å²) in [5.41, 5.74) is 15.9.